The summed E-state index contributed by atoms with van der Waals surface area (Å²) < 4.78 is 13.9. The van der Waals surface area contributed by atoms with Gasteiger partial charge in [0.2, 0.25) is 0 Å². The molecule has 0 saturated heterocycles. The lowest BCUT2D eigenvalue weighted by molar-refractivity contribution is 0.670. The molecule has 3 aliphatic carbocycles. The van der Waals surface area contributed by atoms with Gasteiger partial charge in [0.25, 0.3) is 0 Å². The first-order valence-corrected chi connectivity index (χ1v) is 21.6. The first-order valence-electron chi connectivity index (χ1n) is 21.6. The molecule has 0 spiro atoms. The molecule has 2 aromatic heterocycles. The van der Waals surface area contributed by atoms with E-state index in [1.807, 2.05) is 0 Å². The molecule has 10 aromatic rings. The summed E-state index contributed by atoms with van der Waals surface area (Å²) in [4.78, 5) is 0. The molecule has 0 aliphatic heterocycles. The van der Waals surface area contributed by atoms with Crippen molar-refractivity contribution in [3.8, 4) is 55.6 Å². The molecule has 8 aromatic carbocycles. The molecule has 0 bridgehead atoms. The van der Waals surface area contributed by atoms with E-state index in [-0.39, 0.29) is 0 Å². The predicted octanol–water partition coefficient (Wildman–Crippen LogP) is 15.5. The maximum absolute atomic E-state index is 6.95. The highest BCUT2D eigenvalue weighted by Gasteiger charge is 2.24. The van der Waals surface area contributed by atoms with Crippen LogP contribution in [0.4, 0.5) is 0 Å². The molecule has 13 rings (SSSR count). The summed E-state index contributed by atoms with van der Waals surface area (Å²) in [5.74, 6) is 0. The van der Waals surface area contributed by atoms with Gasteiger partial charge in [-0.15, -0.1) is 0 Å². The SMILES string of the molecule is c1cc(-c2ccc3c(c2)CCCC3)c2oc3c(-c4ccc5c(c4)-c4cc(-c6cccc7c6oc6c(-c8ccc9c(c8)CCCC9)cccc67)ccc4C5)cccc3c2c1. The zero-order valence-corrected chi connectivity index (χ0v) is 33.0. The van der Waals surface area contributed by atoms with E-state index in [9.17, 15) is 0 Å². The third-order valence-electron chi connectivity index (χ3n) is 13.9. The molecule has 0 N–H and O–H groups in total. The van der Waals surface area contributed by atoms with E-state index < -0.39 is 0 Å². The quantitative estimate of drug-likeness (QED) is 0.179. The number of aryl methyl sites for hydroxylation is 4. The molecule has 2 heterocycles. The number of hydrogen-bond donors (Lipinski definition) is 0. The lowest BCUT2D eigenvalue weighted by atomic mass is 9.89. The van der Waals surface area contributed by atoms with Gasteiger partial charge in [0.1, 0.15) is 22.3 Å². The van der Waals surface area contributed by atoms with Crippen LogP contribution in [0.15, 0.2) is 154 Å². The van der Waals surface area contributed by atoms with Gasteiger partial charge in [0.15, 0.2) is 0 Å². The summed E-state index contributed by atoms with van der Waals surface area (Å²) in [5.41, 5.74) is 24.6. The van der Waals surface area contributed by atoms with Crippen LogP contribution in [0.25, 0.3) is 99.5 Å². The van der Waals surface area contributed by atoms with Gasteiger partial charge >= 0.3 is 0 Å². The van der Waals surface area contributed by atoms with E-state index in [2.05, 4.69) is 146 Å². The lowest BCUT2D eigenvalue weighted by Gasteiger charge is -2.16. The molecular weight excluding hydrogens is 717 g/mol. The van der Waals surface area contributed by atoms with Crippen molar-refractivity contribution in [1.82, 2.24) is 0 Å². The Balaban J connectivity index is 0.901. The van der Waals surface area contributed by atoms with Gasteiger partial charge in [0.05, 0.1) is 0 Å². The summed E-state index contributed by atoms with van der Waals surface area (Å²) in [7, 11) is 0. The topological polar surface area (TPSA) is 26.3 Å². The number of fused-ring (bicyclic) bond motifs is 11. The molecule has 0 saturated carbocycles. The van der Waals surface area contributed by atoms with Gasteiger partial charge in [-0.1, -0.05) is 133 Å². The first kappa shape index (κ1) is 33.3. The molecule has 0 radical (unpaired) electrons. The minimum Gasteiger partial charge on any atom is -0.455 e. The van der Waals surface area contributed by atoms with Crippen LogP contribution in [-0.2, 0) is 32.1 Å². The largest absolute Gasteiger partial charge is 0.455 e. The summed E-state index contributed by atoms with van der Waals surface area (Å²) in [5, 5.41) is 4.66. The Labute approximate surface area is 343 Å². The number of para-hydroxylation sites is 4. The fourth-order valence-electron chi connectivity index (χ4n) is 10.9. The van der Waals surface area contributed by atoms with Crippen LogP contribution in [-0.4, -0.2) is 0 Å². The number of furan rings is 2. The van der Waals surface area contributed by atoms with Crippen molar-refractivity contribution in [2.75, 3.05) is 0 Å². The Hall–Kier alpha value is -6.64. The fraction of sp³-hybridized carbons (Fsp3) is 0.158. The van der Waals surface area contributed by atoms with Crippen molar-refractivity contribution < 1.29 is 8.83 Å². The average Bonchev–Trinajstić information content (AvgIpc) is 3.99. The second kappa shape index (κ2) is 12.9. The minimum absolute atomic E-state index is 0.934. The van der Waals surface area contributed by atoms with Gasteiger partial charge in [-0.3, -0.25) is 0 Å². The van der Waals surface area contributed by atoms with Gasteiger partial charge in [-0.2, -0.15) is 0 Å². The monoisotopic (exact) mass is 758 g/mol. The summed E-state index contributed by atoms with van der Waals surface area (Å²) in [6, 6.07) is 54.6. The second-order valence-electron chi connectivity index (χ2n) is 17.2. The Bertz CT molecular complexity index is 3140. The summed E-state index contributed by atoms with van der Waals surface area (Å²) >= 11 is 0. The maximum atomic E-state index is 6.95. The van der Waals surface area contributed by atoms with Crippen molar-refractivity contribution in [1.29, 1.82) is 0 Å². The third-order valence-corrected chi connectivity index (χ3v) is 13.9. The molecule has 0 fully saturated rings. The lowest BCUT2D eigenvalue weighted by Crippen LogP contribution is -2.02. The highest BCUT2D eigenvalue weighted by Crippen LogP contribution is 2.46. The second-order valence-corrected chi connectivity index (χ2v) is 17.2. The first-order chi connectivity index (χ1) is 29.2. The van der Waals surface area contributed by atoms with E-state index in [0.717, 1.165) is 50.7 Å². The van der Waals surface area contributed by atoms with Gasteiger partial charge in [-0.25, -0.2) is 0 Å². The summed E-state index contributed by atoms with van der Waals surface area (Å²) in [6.07, 6.45) is 10.8. The van der Waals surface area contributed by atoms with Crippen LogP contribution in [0.3, 0.4) is 0 Å². The van der Waals surface area contributed by atoms with Crippen molar-refractivity contribution in [3.63, 3.8) is 0 Å². The highest BCUT2D eigenvalue weighted by molar-refractivity contribution is 6.14. The fourth-order valence-corrected chi connectivity index (χ4v) is 10.9. The Morgan fingerprint density at radius 2 is 0.593 bits per heavy atom. The van der Waals surface area contributed by atoms with Crippen LogP contribution in [0.2, 0.25) is 0 Å². The Kier molecular flexibility index (Phi) is 7.31. The molecule has 2 nitrogen and oxygen atoms in total. The van der Waals surface area contributed by atoms with Crippen molar-refractivity contribution in [2.45, 2.75) is 57.8 Å². The maximum Gasteiger partial charge on any atom is 0.143 e. The number of benzene rings is 8. The predicted molar refractivity (Wildman–Crippen MR) is 244 cm³/mol. The number of hydrogen-bond acceptors (Lipinski definition) is 2. The average molecular weight is 759 g/mol. The van der Waals surface area contributed by atoms with Crippen LogP contribution >= 0.6 is 0 Å². The van der Waals surface area contributed by atoms with Crippen LogP contribution in [0.5, 0.6) is 0 Å². The zero-order valence-electron chi connectivity index (χ0n) is 33.0. The minimum atomic E-state index is 0.934. The van der Waals surface area contributed by atoms with Crippen LogP contribution in [0, 0.1) is 0 Å². The van der Waals surface area contributed by atoms with E-state index in [1.54, 1.807) is 0 Å². The van der Waals surface area contributed by atoms with Gasteiger partial charge < -0.3 is 8.83 Å². The van der Waals surface area contributed by atoms with Gasteiger partial charge in [0, 0.05) is 43.8 Å². The van der Waals surface area contributed by atoms with Crippen molar-refractivity contribution >= 4 is 43.9 Å². The molecule has 59 heavy (non-hydrogen) atoms. The molecule has 282 valence electrons. The Morgan fingerprint density at radius 3 is 0.966 bits per heavy atom. The standard InChI is InChI=1S/C57H42O2/c1-3-11-36-29-38(23-21-34(36)9-1)44-13-5-17-48-50-19-7-15-46(56(50)58-54(44)48)42-27-25-40-31-41-26-28-43(33-53(41)52(40)32-42)47-16-8-20-51-49-18-6-14-45(55(49)59-57(47)51)39-24-22-35-10-2-4-12-37(35)30-39/h5-8,13-30,32-33H,1-4,9-12,31H2. The molecule has 0 atom stereocenters. The highest BCUT2D eigenvalue weighted by atomic mass is 16.3. The van der Waals surface area contributed by atoms with Crippen LogP contribution in [0.1, 0.15) is 59.1 Å². The molecule has 3 aliphatic rings. The third kappa shape index (κ3) is 5.18. The normalized spacial score (nSPS) is 14.5. The van der Waals surface area contributed by atoms with E-state index in [4.69, 9.17) is 8.83 Å². The number of rotatable bonds is 4. The molecule has 0 amide bonds. The summed E-state index contributed by atoms with van der Waals surface area (Å²) in [6.45, 7) is 0. The van der Waals surface area contributed by atoms with Crippen molar-refractivity contribution in [2.24, 2.45) is 0 Å². The smallest absolute Gasteiger partial charge is 0.143 e. The Morgan fingerprint density at radius 1 is 0.271 bits per heavy atom. The van der Waals surface area contributed by atoms with E-state index in [0.29, 0.717) is 0 Å². The molecular formula is C57H42O2. The molecule has 2 heteroatoms. The van der Waals surface area contributed by atoms with Crippen LogP contribution < -0.4 is 0 Å². The van der Waals surface area contributed by atoms with E-state index in [1.165, 1.54) is 140 Å². The zero-order chi connectivity index (χ0) is 38.6. The van der Waals surface area contributed by atoms with Gasteiger partial charge in [-0.05, 0) is 137 Å². The van der Waals surface area contributed by atoms with E-state index >= 15 is 0 Å². The molecule has 0 unspecified atom stereocenters. The van der Waals surface area contributed by atoms with Crippen molar-refractivity contribution in [3.05, 3.63) is 179 Å².